The molecule has 0 fully saturated rings. The minimum atomic E-state index is -0.122. The van der Waals surface area contributed by atoms with Gasteiger partial charge in [0.15, 0.2) is 5.69 Å². The second kappa shape index (κ2) is 6.78. The molecule has 1 aromatic carbocycles. The van der Waals surface area contributed by atoms with Crippen LogP contribution in [0.5, 0.6) is 0 Å². The summed E-state index contributed by atoms with van der Waals surface area (Å²) in [6.45, 7) is 0.648. The van der Waals surface area contributed by atoms with Gasteiger partial charge < -0.3 is 5.32 Å². The fourth-order valence-electron chi connectivity index (χ4n) is 2.02. The molecule has 3 aromatic rings. The molecule has 0 aliphatic heterocycles. The lowest BCUT2D eigenvalue weighted by Gasteiger charge is -2.03. The van der Waals surface area contributed by atoms with Gasteiger partial charge in [-0.3, -0.25) is 9.89 Å². The smallest absolute Gasteiger partial charge is 0.272 e. The van der Waals surface area contributed by atoms with Gasteiger partial charge in [-0.25, -0.2) is 0 Å². The SMILES string of the molecule is O=C(NCCSCc1ccsc1)c1n[nH]c2ccccc12. The highest BCUT2D eigenvalue weighted by atomic mass is 32.2. The molecule has 0 saturated carbocycles. The summed E-state index contributed by atoms with van der Waals surface area (Å²) in [4.78, 5) is 12.1. The van der Waals surface area contributed by atoms with Gasteiger partial charge in [-0.1, -0.05) is 18.2 Å². The molecular formula is C15H15N3OS2. The monoisotopic (exact) mass is 317 g/mol. The number of hydrogen-bond acceptors (Lipinski definition) is 4. The fraction of sp³-hybridized carbons (Fsp3) is 0.200. The average Bonchev–Trinajstić information content (AvgIpc) is 3.16. The van der Waals surface area contributed by atoms with Crippen molar-refractivity contribution in [3.8, 4) is 0 Å². The van der Waals surface area contributed by atoms with Gasteiger partial charge in [-0.2, -0.15) is 28.2 Å². The molecule has 21 heavy (non-hydrogen) atoms. The van der Waals surface area contributed by atoms with Crippen molar-refractivity contribution in [2.45, 2.75) is 5.75 Å². The number of para-hydroxylation sites is 1. The second-order valence-electron chi connectivity index (χ2n) is 4.56. The molecule has 0 radical (unpaired) electrons. The maximum absolute atomic E-state index is 12.1. The van der Waals surface area contributed by atoms with Crippen molar-refractivity contribution in [3.05, 3.63) is 52.3 Å². The Kier molecular flexibility index (Phi) is 4.57. The summed E-state index contributed by atoms with van der Waals surface area (Å²) in [6.07, 6.45) is 0. The van der Waals surface area contributed by atoms with Crippen LogP contribution in [0, 0.1) is 0 Å². The first-order valence-corrected chi connectivity index (χ1v) is 8.74. The molecule has 0 bridgehead atoms. The lowest BCUT2D eigenvalue weighted by molar-refractivity contribution is 0.0953. The van der Waals surface area contributed by atoms with E-state index in [1.54, 1.807) is 11.3 Å². The van der Waals surface area contributed by atoms with Gasteiger partial charge in [0.05, 0.1) is 5.52 Å². The van der Waals surface area contributed by atoms with E-state index < -0.39 is 0 Å². The summed E-state index contributed by atoms with van der Waals surface area (Å²) in [5.74, 6) is 1.76. The first-order valence-electron chi connectivity index (χ1n) is 6.65. The van der Waals surface area contributed by atoms with E-state index in [0.717, 1.165) is 22.4 Å². The van der Waals surface area contributed by atoms with Gasteiger partial charge in [-0.15, -0.1) is 0 Å². The number of benzene rings is 1. The number of amides is 1. The molecule has 2 heterocycles. The Morgan fingerprint density at radius 1 is 1.33 bits per heavy atom. The zero-order valence-electron chi connectivity index (χ0n) is 11.3. The number of carbonyl (C=O) groups excluding carboxylic acids is 1. The molecule has 0 unspecified atom stereocenters. The van der Waals surface area contributed by atoms with E-state index in [0.29, 0.717) is 12.2 Å². The van der Waals surface area contributed by atoms with Crippen LogP contribution in [0.3, 0.4) is 0 Å². The number of aromatic nitrogens is 2. The number of nitrogens with one attached hydrogen (secondary N) is 2. The summed E-state index contributed by atoms with van der Waals surface area (Å²) in [6, 6.07) is 9.77. The van der Waals surface area contributed by atoms with Crippen molar-refractivity contribution in [1.82, 2.24) is 15.5 Å². The Morgan fingerprint density at radius 2 is 2.24 bits per heavy atom. The minimum Gasteiger partial charge on any atom is -0.350 e. The topological polar surface area (TPSA) is 57.8 Å². The van der Waals surface area contributed by atoms with Crippen molar-refractivity contribution in [2.24, 2.45) is 0 Å². The molecule has 0 aliphatic rings. The highest BCUT2D eigenvalue weighted by Crippen LogP contribution is 2.16. The first kappa shape index (κ1) is 14.2. The molecule has 4 nitrogen and oxygen atoms in total. The summed E-state index contributed by atoms with van der Waals surface area (Å²) >= 11 is 3.53. The second-order valence-corrected chi connectivity index (χ2v) is 6.44. The Labute approximate surface area is 131 Å². The number of H-pyrrole nitrogens is 1. The van der Waals surface area contributed by atoms with E-state index in [-0.39, 0.29) is 5.91 Å². The van der Waals surface area contributed by atoms with Gasteiger partial charge in [0.2, 0.25) is 0 Å². The molecule has 0 aliphatic carbocycles. The van der Waals surface area contributed by atoms with E-state index in [9.17, 15) is 4.79 Å². The van der Waals surface area contributed by atoms with E-state index in [1.165, 1.54) is 5.56 Å². The number of carbonyl (C=O) groups is 1. The quantitative estimate of drug-likeness (QED) is 0.686. The summed E-state index contributed by atoms with van der Waals surface area (Å²) in [5, 5.41) is 15.0. The van der Waals surface area contributed by atoms with Crippen molar-refractivity contribution in [2.75, 3.05) is 12.3 Å². The highest BCUT2D eigenvalue weighted by Gasteiger charge is 2.12. The maximum Gasteiger partial charge on any atom is 0.272 e. The van der Waals surface area contributed by atoms with Gasteiger partial charge >= 0.3 is 0 Å². The number of thiophene rings is 1. The molecule has 0 spiro atoms. The number of thioether (sulfide) groups is 1. The van der Waals surface area contributed by atoms with E-state index in [1.807, 2.05) is 36.0 Å². The van der Waals surface area contributed by atoms with E-state index in [2.05, 4.69) is 32.3 Å². The zero-order valence-corrected chi connectivity index (χ0v) is 13.0. The molecular weight excluding hydrogens is 302 g/mol. The minimum absolute atomic E-state index is 0.122. The van der Waals surface area contributed by atoms with Crippen LogP contribution in [-0.4, -0.2) is 28.4 Å². The van der Waals surface area contributed by atoms with Gasteiger partial charge in [0, 0.05) is 23.4 Å². The van der Waals surface area contributed by atoms with E-state index in [4.69, 9.17) is 0 Å². The van der Waals surface area contributed by atoms with Crippen LogP contribution in [-0.2, 0) is 5.75 Å². The number of nitrogens with zero attached hydrogens (tertiary/aromatic N) is 1. The average molecular weight is 317 g/mol. The lowest BCUT2D eigenvalue weighted by Crippen LogP contribution is -2.26. The number of hydrogen-bond donors (Lipinski definition) is 2. The molecule has 3 rings (SSSR count). The Morgan fingerprint density at radius 3 is 3.10 bits per heavy atom. The van der Waals surface area contributed by atoms with Crippen molar-refractivity contribution in [1.29, 1.82) is 0 Å². The third-order valence-electron chi connectivity index (χ3n) is 3.07. The van der Waals surface area contributed by atoms with Crippen LogP contribution in [0.15, 0.2) is 41.1 Å². The third-order valence-corrected chi connectivity index (χ3v) is 4.83. The molecule has 2 aromatic heterocycles. The van der Waals surface area contributed by atoms with Crippen molar-refractivity contribution in [3.63, 3.8) is 0 Å². The predicted molar refractivity (Wildman–Crippen MR) is 88.9 cm³/mol. The van der Waals surface area contributed by atoms with Gasteiger partial charge in [0.1, 0.15) is 0 Å². The Balaban J connectivity index is 1.48. The summed E-state index contributed by atoms with van der Waals surface area (Å²) < 4.78 is 0. The fourth-order valence-corrected chi connectivity index (χ4v) is 3.60. The molecule has 0 atom stereocenters. The zero-order chi connectivity index (χ0) is 14.5. The molecule has 0 saturated heterocycles. The lowest BCUT2D eigenvalue weighted by atomic mass is 10.2. The van der Waals surface area contributed by atoms with Crippen LogP contribution >= 0.6 is 23.1 Å². The molecule has 6 heteroatoms. The first-order chi connectivity index (χ1) is 10.3. The standard InChI is InChI=1S/C15H15N3OS2/c19-15(14-12-3-1-2-4-13(12)17-18-14)16-6-8-21-10-11-5-7-20-9-11/h1-5,7,9H,6,8,10H2,(H,16,19)(H,17,18). The molecule has 108 valence electrons. The van der Waals surface area contributed by atoms with Gasteiger partial charge in [0.25, 0.3) is 5.91 Å². The molecule has 1 amide bonds. The highest BCUT2D eigenvalue weighted by molar-refractivity contribution is 7.98. The summed E-state index contributed by atoms with van der Waals surface area (Å²) in [5.41, 5.74) is 2.69. The Bertz CT molecular complexity index is 721. The Hall–Kier alpha value is -1.79. The number of fused-ring (bicyclic) bond motifs is 1. The molecule has 2 N–H and O–H groups in total. The summed E-state index contributed by atoms with van der Waals surface area (Å²) in [7, 11) is 0. The predicted octanol–water partition coefficient (Wildman–Crippen LogP) is 3.29. The van der Waals surface area contributed by atoms with Crippen molar-refractivity contribution >= 4 is 39.9 Å². The largest absolute Gasteiger partial charge is 0.350 e. The normalized spacial score (nSPS) is 10.9. The number of aromatic amines is 1. The van der Waals surface area contributed by atoms with Crippen LogP contribution in [0.1, 0.15) is 16.1 Å². The van der Waals surface area contributed by atoms with Crippen LogP contribution in [0.25, 0.3) is 10.9 Å². The number of rotatable bonds is 6. The maximum atomic E-state index is 12.1. The van der Waals surface area contributed by atoms with Crippen molar-refractivity contribution < 1.29 is 4.79 Å². The van der Waals surface area contributed by atoms with Crippen LogP contribution < -0.4 is 5.32 Å². The third kappa shape index (κ3) is 3.46. The van der Waals surface area contributed by atoms with Crippen LogP contribution in [0.2, 0.25) is 0 Å². The van der Waals surface area contributed by atoms with Gasteiger partial charge in [-0.05, 0) is 28.5 Å². The van der Waals surface area contributed by atoms with Crippen LogP contribution in [0.4, 0.5) is 0 Å². The van der Waals surface area contributed by atoms with E-state index >= 15 is 0 Å².